The van der Waals surface area contributed by atoms with Gasteiger partial charge in [0, 0.05) is 0 Å². The highest BCUT2D eigenvalue weighted by atomic mass is 31.1. The van der Waals surface area contributed by atoms with Gasteiger partial charge in [-0.05, 0) is 17.4 Å². The van der Waals surface area contributed by atoms with E-state index in [0.717, 1.165) is 12.8 Å². The summed E-state index contributed by atoms with van der Waals surface area (Å²) in [5.74, 6) is 0. The maximum absolute atomic E-state index is 10.1. The molecule has 0 heterocycles. The van der Waals surface area contributed by atoms with Crippen molar-refractivity contribution in [2.24, 2.45) is 0 Å². The van der Waals surface area contributed by atoms with Gasteiger partial charge in [0.05, 0.1) is 0 Å². The maximum Gasteiger partial charge on any atom is 0.494 e. The van der Waals surface area contributed by atoms with Crippen molar-refractivity contribution in [3.05, 3.63) is 0 Å². The average molecular weight is 177 g/mol. The van der Waals surface area contributed by atoms with Crippen molar-refractivity contribution in [1.82, 2.24) is 0 Å². The molecule has 0 aromatic heterocycles. The van der Waals surface area contributed by atoms with Crippen LogP contribution < -0.4 is 0 Å². The van der Waals surface area contributed by atoms with Crippen LogP contribution in [0.25, 0.3) is 0 Å². The van der Waals surface area contributed by atoms with Crippen molar-refractivity contribution in [2.75, 3.05) is 0 Å². The van der Waals surface area contributed by atoms with Crippen LogP contribution >= 0.6 is 8.69 Å². The van der Waals surface area contributed by atoms with E-state index in [1.54, 1.807) is 0 Å². The lowest BCUT2D eigenvalue weighted by atomic mass is 10.1. The Hall–Kier alpha value is 0.0600. The Labute approximate surface area is 70.6 Å². The summed E-state index contributed by atoms with van der Waals surface area (Å²) in [6, 6.07) is 0. The zero-order valence-electron chi connectivity index (χ0n) is 7.43. The van der Waals surface area contributed by atoms with E-state index in [1.165, 1.54) is 19.3 Å². The fraction of sp³-hybridized carbons (Fsp3) is 1.00. The maximum atomic E-state index is 10.1. The standard InChI is InChI=1S/C8H18O2P/c1-3-5-6-7-8(4-2)10-11-9/h8,11H,3-7H2,1-2H3/q+1. The normalized spacial score (nSPS) is 13.6. The van der Waals surface area contributed by atoms with Gasteiger partial charge in [-0.25, -0.2) is 0 Å². The van der Waals surface area contributed by atoms with Crippen LogP contribution in [-0.4, -0.2) is 6.10 Å². The van der Waals surface area contributed by atoms with Gasteiger partial charge >= 0.3 is 8.69 Å². The van der Waals surface area contributed by atoms with Crippen molar-refractivity contribution < 1.29 is 9.09 Å². The van der Waals surface area contributed by atoms with E-state index >= 15 is 0 Å². The lowest BCUT2D eigenvalue weighted by Gasteiger charge is -2.05. The average Bonchev–Trinajstić information content (AvgIpc) is 2.03. The van der Waals surface area contributed by atoms with Gasteiger partial charge in [-0.15, -0.1) is 4.52 Å². The van der Waals surface area contributed by atoms with E-state index < -0.39 is 8.69 Å². The third kappa shape index (κ3) is 6.46. The van der Waals surface area contributed by atoms with Gasteiger partial charge in [0.2, 0.25) is 0 Å². The van der Waals surface area contributed by atoms with Gasteiger partial charge in [-0.1, -0.05) is 33.1 Å². The number of unbranched alkanes of at least 4 members (excludes halogenated alkanes) is 2. The van der Waals surface area contributed by atoms with Crippen LogP contribution in [0.3, 0.4) is 0 Å². The Morgan fingerprint density at radius 1 is 1.36 bits per heavy atom. The van der Waals surface area contributed by atoms with Crippen LogP contribution in [0, 0.1) is 0 Å². The molecule has 3 heteroatoms. The molecule has 0 N–H and O–H groups in total. The Balaban J connectivity index is 3.27. The summed E-state index contributed by atoms with van der Waals surface area (Å²) in [6.45, 7) is 4.24. The highest BCUT2D eigenvalue weighted by Crippen LogP contribution is 2.14. The molecule has 2 nitrogen and oxygen atoms in total. The van der Waals surface area contributed by atoms with Crippen LogP contribution in [0.2, 0.25) is 0 Å². The zero-order chi connectivity index (χ0) is 8.53. The second-order valence-corrected chi connectivity index (χ2v) is 3.13. The third-order valence-electron chi connectivity index (χ3n) is 1.80. The van der Waals surface area contributed by atoms with E-state index in [-0.39, 0.29) is 6.10 Å². The summed E-state index contributed by atoms with van der Waals surface area (Å²) in [5, 5.41) is 0. The molecular formula is C8H18O2P+. The third-order valence-corrected chi connectivity index (χ3v) is 2.23. The minimum absolute atomic E-state index is 0.220. The van der Waals surface area contributed by atoms with Crippen molar-refractivity contribution >= 4 is 8.69 Å². The highest BCUT2D eigenvalue weighted by Gasteiger charge is 2.09. The molecule has 0 rings (SSSR count). The van der Waals surface area contributed by atoms with Crippen molar-refractivity contribution in [3.8, 4) is 0 Å². The molecule has 0 aromatic rings. The zero-order valence-corrected chi connectivity index (χ0v) is 8.43. The fourth-order valence-electron chi connectivity index (χ4n) is 1.04. The summed E-state index contributed by atoms with van der Waals surface area (Å²) in [5.41, 5.74) is 0. The molecule has 0 fully saturated rings. The van der Waals surface area contributed by atoms with Crippen molar-refractivity contribution in [2.45, 2.75) is 52.1 Å². The quantitative estimate of drug-likeness (QED) is 0.440. The molecule has 2 unspecified atom stereocenters. The first kappa shape index (κ1) is 11.1. The predicted molar refractivity (Wildman–Crippen MR) is 48.3 cm³/mol. The topological polar surface area (TPSA) is 26.3 Å². The Morgan fingerprint density at radius 2 is 2.09 bits per heavy atom. The van der Waals surface area contributed by atoms with Crippen LogP contribution in [0.15, 0.2) is 0 Å². The molecule has 0 aromatic carbocycles. The molecule has 11 heavy (non-hydrogen) atoms. The van der Waals surface area contributed by atoms with Crippen LogP contribution in [0.5, 0.6) is 0 Å². The molecule has 0 saturated carbocycles. The molecule has 2 atom stereocenters. The molecule has 0 amide bonds. The van der Waals surface area contributed by atoms with Gasteiger partial charge < -0.3 is 0 Å². The first-order valence-corrected chi connectivity index (χ1v) is 5.19. The monoisotopic (exact) mass is 177 g/mol. The molecule has 0 spiro atoms. The highest BCUT2D eigenvalue weighted by molar-refractivity contribution is 7.17. The second kappa shape index (κ2) is 8.16. The van der Waals surface area contributed by atoms with Gasteiger partial charge in [0.25, 0.3) is 0 Å². The molecule has 0 aliphatic heterocycles. The SMILES string of the molecule is CCCCCC(CC)O[PH+]=O. The molecule has 0 aliphatic rings. The number of hydrogen-bond donors (Lipinski definition) is 0. The molecule has 0 bridgehead atoms. The van der Waals surface area contributed by atoms with E-state index in [1.807, 2.05) is 0 Å². The lowest BCUT2D eigenvalue weighted by Crippen LogP contribution is -2.05. The predicted octanol–water partition coefficient (Wildman–Crippen LogP) is 3.30. The first-order chi connectivity index (χ1) is 5.35. The van der Waals surface area contributed by atoms with Gasteiger partial charge in [-0.2, -0.15) is 0 Å². The van der Waals surface area contributed by atoms with Gasteiger partial charge in [0.1, 0.15) is 6.10 Å². The first-order valence-electron chi connectivity index (χ1n) is 4.37. The lowest BCUT2D eigenvalue weighted by molar-refractivity contribution is 0.203. The fourth-order valence-corrected chi connectivity index (χ4v) is 1.46. The largest absolute Gasteiger partial charge is 0.494 e. The molecule has 0 aliphatic carbocycles. The summed E-state index contributed by atoms with van der Waals surface area (Å²) >= 11 is 0. The Kier molecular flexibility index (Phi) is 8.20. The smallest absolute Gasteiger partial charge is 0.145 e. The van der Waals surface area contributed by atoms with Crippen molar-refractivity contribution in [1.29, 1.82) is 0 Å². The summed E-state index contributed by atoms with van der Waals surface area (Å²) in [7, 11) is -0.593. The number of hydrogen-bond acceptors (Lipinski definition) is 2. The van der Waals surface area contributed by atoms with E-state index in [0.29, 0.717) is 0 Å². The molecular weight excluding hydrogens is 159 g/mol. The molecule has 66 valence electrons. The summed E-state index contributed by atoms with van der Waals surface area (Å²) < 4.78 is 15.1. The van der Waals surface area contributed by atoms with Gasteiger partial charge in [0.15, 0.2) is 0 Å². The van der Waals surface area contributed by atoms with E-state index in [4.69, 9.17) is 4.52 Å². The van der Waals surface area contributed by atoms with Crippen LogP contribution in [0.1, 0.15) is 46.0 Å². The van der Waals surface area contributed by atoms with Crippen LogP contribution in [0.4, 0.5) is 0 Å². The Morgan fingerprint density at radius 3 is 2.55 bits per heavy atom. The minimum Gasteiger partial charge on any atom is -0.145 e. The minimum atomic E-state index is -0.593. The van der Waals surface area contributed by atoms with E-state index in [9.17, 15) is 4.57 Å². The summed E-state index contributed by atoms with van der Waals surface area (Å²) in [6.07, 6.45) is 5.92. The van der Waals surface area contributed by atoms with Crippen LogP contribution in [-0.2, 0) is 9.09 Å². The van der Waals surface area contributed by atoms with Crippen molar-refractivity contribution in [3.63, 3.8) is 0 Å². The van der Waals surface area contributed by atoms with E-state index in [2.05, 4.69) is 13.8 Å². The second-order valence-electron chi connectivity index (χ2n) is 2.73. The molecule has 0 saturated heterocycles. The number of rotatable bonds is 7. The summed E-state index contributed by atoms with van der Waals surface area (Å²) in [4.78, 5) is 0. The molecule has 0 radical (unpaired) electrons. The Bertz CT molecular complexity index is 96.1. The van der Waals surface area contributed by atoms with Gasteiger partial charge in [-0.3, -0.25) is 0 Å².